The fourth-order valence-corrected chi connectivity index (χ4v) is 3.36. The number of amides is 1. The van der Waals surface area contributed by atoms with Gasteiger partial charge in [0.05, 0.1) is 24.7 Å². The van der Waals surface area contributed by atoms with Gasteiger partial charge in [0.15, 0.2) is 0 Å². The maximum atomic E-state index is 11.6. The quantitative estimate of drug-likeness (QED) is 0.783. The first-order valence-corrected chi connectivity index (χ1v) is 8.86. The summed E-state index contributed by atoms with van der Waals surface area (Å²) >= 11 is 0. The van der Waals surface area contributed by atoms with Gasteiger partial charge in [-0.2, -0.15) is 0 Å². The second kappa shape index (κ2) is 6.71. The van der Waals surface area contributed by atoms with E-state index in [1.54, 1.807) is 7.11 Å². The van der Waals surface area contributed by atoms with Crippen molar-refractivity contribution in [3.8, 4) is 5.75 Å². The van der Waals surface area contributed by atoms with E-state index < -0.39 is 0 Å². The lowest BCUT2D eigenvalue weighted by molar-refractivity contribution is -0.115. The van der Waals surface area contributed by atoms with Crippen LogP contribution in [0.5, 0.6) is 5.75 Å². The number of rotatable bonds is 4. The van der Waals surface area contributed by atoms with E-state index in [9.17, 15) is 4.79 Å². The Morgan fingerprint density at radius 3 is 2.73 bits per heavy atom. The zero-order valence-corrected chi connectivity index (χ0v) is 15.0. The fourth-order valence-electron chi connectivity index (χ4n) is 3.36. The van der Waals surface area contributed by atoms with Gasteiger partial charge in [-0.05, 0) is 42.5 Å². The molecule has 1 N–H and O–H groups in total. The van der Waals surface area contributed by atoms with Gasteiger partial charge in [-0.3, -0.25) is 4.79 Å². The molecule has 1 aliphatic rings. The van der Waals surface area contributed by atoms with Crippen LogP contribution in [0, 0.1) is 0 Å². The molecule has 1 aromatic heterocycles. The van der Waals surface area contributed by atoms with Crippen LogP contribution >= 0.6 is 0 Å². The van der Waals surface area contributed by atoms with Crippen LogP contribution in [0.4, 0.5) is 11.4 Å². The van der Waals surface area contributed by atoms with E-state index in [1.165, 1.54) is 5.69 Å². The topological polar surface area (TPSA) is 59.4 Å². The van der Waals surface area contributed by atoms with Crippen molar-refractivity contribution in [3.63, 3.8) is 0 Å². The molecule has 26 heavy (non-hydrogen) atoms. The first-order valence-electron chi connectivity index (χ1n) is 8.86. The van der Waals surface area contributed by atoms with Gasteiger partial charge >= 0.3 is 0 Å². The minimum absolute atomic E-state index is 0.0130. The lowest BCUT2D eigenvalue weighted by Gasteiger charge is -2.30. The molecule has 2 aromatic carbocycles. The molecule has 3 aromatic rings. The second-order valence-corrected chi connectivity index (χ2v) is 6.40. The van der Waals surface area contributed by atoms with Crippen molar-refractivity contribution in [2.24, 2.45) is 0 Å². The summed E-state index contributed by atoms with van der Waals surface area (Å²) in [6, 6.07) is 14.1. The molecule has 0 unspecified atom stereocenters. The van der Waals surface area contributed by atoms with E-state index in [2.05, 4.69) is 26.9 Å². The number of carbonyl (C=O) groups is 1. The van der Waals surface area contributed by atoms with Gasteiger partial charge in [-0.15, -0.1) is 0 Å². The number of imidazole rings is 1. The molecular formula is C20H22N4O2. The Morgan fingerprint density at radius 2 is 2.00 bits per heavy atom. The normalized spacial score (nSPS) is 13.5. The summed E-state index contributed by atoms with van der Waals surface area (Å²) in [7, 11) is 1.68. The standard InChI is InChI=1S/C20H22N4O2/c1-3-20(25)21-14-4-9-18-17(12-14)22-19-13-23(10-11-24(18)19)15-5-7-16(26-2)8-6-15/h4-9,12H,3,10-11,13H2,1-2H3,(H,21,25). The third kappa shape index (κ3) is 2.98. The van der Waals surface area contributed by atoms with Crippen LogP contribution in [-0.2, 0) is 17.9 Å². The van der Waals surface area contributed by atoms with Gasteiger partial charge in [0.25, 0.3) is 0 Å². The van der Waals surface area contributed by atoms with Gasteiger partial charge in [-0.1, -0.05) is 6.92 Å². The molecule has 4 rings (SSSR count). The van der Waals surface area contributed by atoms with Crippen LogP contribution in [-0.4, -0.2) is 29.1 Å². The van der Waals surface area contributed by atoms with Crippen molar-refractivity contribution in [2.75, 3.05) is 23.9 Å². The average Bonchev–Trinajstić information content (AvgIpc) is 3.04. The number of hydrogen-bond acceptors (Lipinski definition) is 4. The van der Waals surface area contributed by atoms with Crippen molar-refractivity contribution in [2.45, 2.75) is 26.4 Å². The van der Waals surface area contributed by atoms with Gasteiger partial charge in [0, 0.05) is 30.9 Å². The van der Waals surface area contributed by atoms with Crippen molar-refractivity contribution < 1.29 is 9.53 Å². The molecule has 0 atom stereocenters. The first-order chi connectivity index (χ1) is 12.7. The lowest BCUT2D eigenvalue weighted by atomic mass is 10.2. The predicted molar refractivity (Wildman–Crippen MR) is 103 cm³/mol. The molecule has 134 valence electrons. The van der Waals surface area contributed by atoms with Crippen LogP contribution in [0.3, 0.4) is 0 Å². The van der Waals surface area contributed by atoms with Crippen LogP contribution in [0.15, 0.2) is 42.5 Å². The third-order valence-electron chi connectivity index (χ3n) is 4.80. The van der Waals surface area contributed by atoms with Crippen molar-refractivity contribution in [3.05, 3.63) is 48.3 Å². The minimum atomic E-state index is 0.0130. The molecule has 6 heteroatoms. The summed E-state index contributed by atoms with van der Waals surface area (Å²) in [5.41, 5.74) is 4.00. The number of fused-ring (bicyclic) bond motifs is 3. The van der Waals surface area contributed by atoms with E-state index in [1.807, 2.05) is 37.3 Å². The van der Waals surface area contributed by atoms with E-state index in [-0.39, 0.29) is 5.91 Å². The highest BCUT2D eigenvalue weighted by Crippen LogP contribution is 2.27. The molecule has 0 bridgehead atoms. The predicted octanol–water partition coefficient (Wildman–Crippen LogP) is 3.41. The summed E-state index contributed by atoms with van der Waals surface area (Å²) in [6.07, 6.45) is 0.467. The van der Waals surface area contributed by atoms with Crippen molar-refractivity contribution >= 4 is 28.3 Å². The molecule has 0 spiro atoms. The number of anilines is 2. The first kappa shape index (κ1) is 16.4. The maximum Gasteiger partial charge on any atom is 0.224 e. The average molecular weight is 350 g/mol. The number of benzene rings is 2. The molecule has 0 saturated carbocycles. The maximum absolute atomic E-state index is 11.6. The van der Waals surface area contributed by atoms with E-state index in [0.717, 1.165) is 47.9 Å². The molecule has 6 nitrogen and oxygen atoms in total. The van der Waals surface area contributed by atoms with E-state index in [4.69, 9.17) is 9.72 Å². The molecule has 2 heterocycles. The number of nitrogens with one attached hydrogen (secondary N) is 1. The number of carbonyl (C=O) groups excluding carboxylic acids is 1. The van der Waals surface area contributed by atoms with Crippen molar-refractivity contribution in [1.29, 1.82) is 0 Å². The molecule has 0 fully saturated rings. The summed E-state index contributed by atoms with van der Waals surface area (Å²) in [5, 5.41) is 2.90. The van der Waals surface area contributed by atoms with Gasteiger partial charge in [0.1, 0.15) is 11.6 Å². The number of aromatic nitrogens is 2. The zero-order valence-electron chi connectivity index (χ0n) is 15.0. The Hall–Kier alpha value is -3.02. The van der Waals surface area contributed by atoms with Crippen LogP contribution in [0.25, 0.3) is 11.0 Å². The number of hydrogen-bond donors (Lipinski definition) is 1. The molecular weight excluding hydrogens is 328 g/mol. The molecule has 0 saturated heterocycles. The van der Waals surface area contributed by atoms with Gasteiger partial charge in [0.2, 0.25) is 5.91 Å². The highest BCUT2D eigenvalue weighted by Gasteiger charge is 2.20. The second-order valence-electron chi connectivity index (χ2n) is 6.40. The molecule has 1 amide bonds. The van der Waals surface area contributed by atoms with Gasteiger partial charge in [-0.25, -0.2) is 4.98 Å². The lowest BCUT2D eigenvalue weighted by Crippen LogP contribution is -2.33. The smallest absolute Gasteiger partial charge is 0.224 e. The monoisotopic (exact) mass is 350 g/mol. The minimum Gasteiger partial charge on any atom is -0.497 e. The Labute approximate surface area is 152 Å². The third-order valence-corrected chi connectivity index (χ3v) is 4.80. The van der Waals surface area contributed by atoms with Crippen molar-refractivity contribution in [1.82, 2.24) is 9.55 Å². The summed E-state index contributed by atoms with van der Waals surface area (Å²) < 4.78 is 7.50. The molecule has 1 aliphatic heterocycles. The van der Waals surface area contributed by atoms with E-state index in [0.29, 0.717) is 6.42 Å². The number of ether oxygens (including phenoxy) is 1. The Bertz CT molecular complexity index is 946. The fraction of sp³-hybridized carbons (Fsp3) is 0.300. The highest BCUT2D eigenvalue weighted by atomic mass is 16.5. The van der Waals surface area contributed by atoms with Gasteiger partial charge < -0.3 is 19.5 Å². The zero-order chi connectivity index (χ0) is 18.1. The Balaban J connectivity index is 1.60. The van der Waals surface area contributed by atoms with Crippen LogP contribution < -0.4 is 15.0 Å². The Morgan fingerprint density at radius 1 is 1.19 bits per heavy atom. The molecule has 0 aliphatic carbocycles. The largest absolute Gasteiger partial charge is 0.497 e. The summed E-state index contributed by atoms with van der Waals surface area (Å²) in [6.45, 7) is 4.42. The summed E-state index contributed by atoms with van der Waals surface area (Å²) in [4.78, 5) is 18.7. The number of methoxy groups -OCH3 is 1. The highest BCUT2D eigenvalue weighted by molar-refractivity contribution is 5.93. The number of nitrogens with zero attached hydrogens (tertiary/aromatic N) is 3. The van der Waals surface area contributed by atoms with Crippen LogP contribution in [0.2, 0.25) is 0 Å². The van der Waals surface area contributed by atoms with E-state index >= 15 is 0 Å². The Kier molecular flexibility index (Phi) is 4.24. The summed E-state index contributed by atoms with van der Waals surface area (Å²) in [5.74, 6) is 1.92. The SMILES string of the molecule is CCC(=O)Nc1ccc2c(c1)nc1n2CCN(c2ccc(OC)cc2)C1. The molecule has 0 radical (unpaired) electrons. The van der Waals surface area contributed by atoms with Crippen LogP contribution in [0.1, 0.15) is 19.2 Å².